The molecule has 0 bridgehead atoms. The van der Waals surface area contributed by atoms with Crippen molar-refractivity contribution in [2.75, 3.05) is 32.1 Å². The van der Waals surface area contributed by atoms with E-state index in [4.69, 9.17) is 16.3 Å². The van der Waals surface area contributed by atoms with Gasteiger partial charge in [0.15, 0.2) is 0 Å². The summed E-state index contributed by atoms with van der Waals surface area (Å²) in [6.45, 7) is 2.05. The van der Waals surface area contributed by atoms with Crippen LogP contribution in [-0.4, -0.2) is 48.8 Å². The van der Waals surface area contributed by atoms with Gasteiger partial charge in [0.05, 0.1) is 19.0 Å². The molecule has 0 saturated carbocycles. The van der Waals surface area contributed by atoms with Crippen LogP contribution in [0.1, 0.15) is 11.6 Å². The highest BCUT2D eigenvalue weighted by Gasteiger charge is 2.29. The normalized spacial score (nSPS) is 15.5. The molecule has 1 aliphatic heterocycles. The van der Waals surface area contributed by atoms with Gasteiger partial charge in [-0.3, -0.25) is 25.3 Å². The third kappa shape index (κ3) is 6.43. The molecule has 0 spiro atoms. The Bertz CT molecular complexity index is 847. The molecule has 0 aliphatic carbocycles. The molecule has 2 aromatic carbocycles. The standard InChI is InChI=1S/C20H21ClFN3O3S/c21-15-4-6-17(7-5-15)29-13-18(26)23-24-20(27)19(25-8-10-28-11-9-25)14-2-1-3-16(22)12-14/h1-7,12,19H,8-11,13H2,(H,23,26)(H,24,27)/t19-/m0/s1. The molecule has 0 radical (unpaired) electrons. The number of hydrogen-bond donors (Lipinski definition) is 2. The molecule has 1 fully saturated rings. The maximum atomic E-state index is 13.7. The van der Waals surface area contributed by atoms with Crippen molar-refractivity contribution in [1.82, 2.24) is 15.8 Å². The van der Waals surface area contributed by atoms with Crippen molar-refractivity contribution in [1.29, 1.82) is 0 Å². The van der Waals surface area contributed by atoms with Crippen molar-refractivity contribution in [2.24, 2.45) is 0 Å². The second-order valence-corrected chi connectivity index (χ2v) is 7.87. The summed E-state index contributed by atoms with van der Waals surface area (Å²) in [4.78, 5) is 27.7. The predicted octanol–water partition coefficient (Wildman–Crippen LogP) is 2.79. The summed E-state index contributed by atoms with van der Waals surface area (Å²) in [5, 5.41) is 0.623. The van der Waals surface area contributed by atoms with Crippen molar-refractivity contribution in [3.05, 3.63) is 64.9 Å². The van der Waals surface area contributed by atoms with Gasteiger partial charge in [-0.1, -0.05) is 23.7 Å². The number of nitrogens with one attached hydrogen (secondary N) is 2. The minimum absolute atomic E-state index is 0.129. The molecule has 2 N–H and O–H groups in total. The molecule has 0 aromatic heterocycles. The fourth-order valence-corrected chi connectivity index (χ4v) is 3.78. The third-order valence-corrected chi connectivity index (χ3v) is 5.60. The van der Waals surface area contributed by atoms with Gasteiger partial charge in [-0.2, -0.15) is 0 Å². The van der Waals surface area contributed by atoms with Gasteiger partial charge in [-0.05, 0) is 42.0 Å². The van der Waals surface area contributed by atoms with E-state index in [1.165, 1.54) is 23.9 Å². The molecule has 9 heteroatoms. The molecule has 1 saturated heterocycles. The van der Waals surface area contributed by atoms with Gasteiger partial charge < -0.3 is 4.74 Å². The molecular formula is C20H21ClFN3O3S. The van der Waals surface area contributed by atoms with Crippen LogP contribution >= 0.6 is 23.4 Å². The summed E-state index contributed by atoms with van der Waals surface area (Å²) in [6.07, 6.45) is 0. The van der Waals surface area contributed by atoms with Crippen LogP contribution in [0.15, 0.2) is 53.4 Å². The quantitative estimate of drug-likeness (QED) is 0.537. The Labute approximate surface area is 177 Å². The zero-order chi connectivity index (χ0) is 20.6. The van der Waals surface area contributed by atoms with E-state index in [2.05, 4.69) is 10.9 Å². The second-order valence-electron chi connectivity index (χ2n) is 6.39. The Balaban J connectivity index is 1.58. The summed E-state index contributed by atoms with van der Waals surface area (Å²) < 4.78 is 19.0. The molecule has 1 atom stereocenters. The highest BCUT2D eigenvalue weighted by molar-refractivity contribution is 8.00. The van der Waals surface area contributed by atoms with Gasteiger partial charge in [-0.25, -0.2) is 4.39 Å². The van der Waals surface area contributed by atoms with Crippen LogP contribution in [0.2, 0.25) is 5.02 Å². The fraction of sp³-hybridized carbons (Fsp3) is 0.300. The average Bonchev–Trinajstić information content (AvgIpc) is 2.73. The summed E-state index contributed by atoms with van der Waals surface area (Å²) in [5.41, 5.74) is 5.42. The van der Waals surface area contributed by atoms with E-state index < -0.39 is 17.8 Å². The molecule has 3 rings (SSSR count). The first kappa shape index (κ1) is 21.6. The lowest BCUT2D eigenvalue weighted by Gasteiger charge is -2.33. The predicted molar refractivity (Wildman–Crippen MR) is 110 cm³/mol. The molecule has 0 unspecified atom stereocenters. The minimum Gasteiger partial charge on any atom is -0.379 e. The van der Waals surface area contributed by atoms with Crippen molar-refractivity contribution < 1.29 is 18.7 Å². The topological polar surface area (TPSA) is 70.7 Å². The van der Waals surface area contributed by atoms with Crippen molar-refractivity contribution in [3.63, 3.8) is 0 Å². The third-order valence-electron chi connectivity index (χ3n) is 4.33. The SMILES string of the molecule is O=C(CSc1ccc(Cl)cc1)NNC(=O)[C@H](c1cccc(F)c1)N1CCOCC1. The molecule has 6 nitrogen and oxygen atoms in total. The smallest absolute Gasteiger partial charge is 0.260 e. The molecular weight excluding hydrogens is 417 g/mol. The zero-order valence-electron chi connectivity index (χ0n) is 15.6. The molecule has 1 heterocycles. The first-order valence-corrected chi connectivity index (χ1v) is 10.4. The van der Waals surface area contributed by atoms with Gasteiger partial charge in [0.2, 0.25) is 5.91 Å². The number of thioether (sulfide) groups is 1. The number of carbonyl (C=O) groups is 2. The van der Waals surface area contributed by atoms with Gasteiger partial charge in [0.25, 0.3) is 5.91 Å². The lowest BCUT2D eigenvalue weighted by Crippen LogP contribution is -2.50. The van der Waals surface area contributed by atoms with Gasteiger partial charge in [0, 0.05) is 23.0 Å². The Morgan fingerprint density at radius 2 is 1.86 bits per heavy atom. The Hall–Kier alpha value is -2.13. The van der Waals surface area contributed by atoms with Crippen LogP contribution in [0.4, 0.5) is 4.39 Å². The number of hydrazine groups is 1. The summed E-state index contributed by atoms with van der Waals surface area (Å²) in [6, 6.07) is 12.3. The highest BCUT2D eigenvalue weighted by Crippen LogP contribution is 2.23. The van der Waals surface area contributed by atoms with Crippen LogP contribution in [0.3, 0.4) is 0 Å². The maximum Gasteiger partial charge on any atom is 0.260 e. The van der Waals surface area contributed by atoms with Gasteiger partial charge in [0.1, 0.15) is 11.9 Å². The van der Waals surface area contributed by atoms with E-state index in [0.717, 1.165) is 4.90 Å². The fourth-order valence-electron chi connectivity index (χ4n) is 2.96. The molecule has 29 heavy (non-hydrogen) atoms. The van der Waals surface area contributed by atoms with Crippen LogP contribution < -0.4 is 10.9 Å². The number of benzene rings is 2. The number of ether oxygens (including phenoxy) is 1. The molecule has 1 aliphatic rings. The monoisotopic (exact) mass is 437 g/mol. The highest BCUT2D eigenvalue weighted by atomic mass is 35.5. The van der Waals surface area contributed by atoms with Crippen LogP contribution in [0.5, 0.6) is 0 Å². The number of morpholine rings is 1. The van der Waals surface area contributed by atoms with Gasteiger partial charge in [-0.15, -0.1) is 11.8 Å². The van der Waals surface area contributed by atoms with E-state index in [-0.39, 0.29) is 11.7 Å². The van der Waals surface area contributed by atoms with Crippen molar-refractivity contribution in [3.8, 4) is 0 Å². The Kier molecular flexibility index (Phi) is 7.88. The lowest BCUT2D eigenvalue weighted by atomic mass is 10.0. The van der Waals surface area contributed by atoms with Crippen LogP contribution in [0, 0.1) is 5.82 Å². The van der Waals surface area contributed by atoms with Crippen molar-refractivity contribution >= 4 is 35.2 Å². The number of carbonyl (C=O) groups excluding carboxylic acids is 2. The summed E-state index contributed by atoms with van der Waals surface area (Å²) in [5.74, 6) is -1.07. The lowest BCUT2D eigenvalue weighted by molar-refractivity contribution is -0.133. The maximum absolute atomic E-state index is 13.7. The molecule has 2 amide bonds. The first-order valence-electron chi connectivity index (χ1n) is 9.07. The van der Waals surface area contributed by atoms with E-state index in [9.17, 15) is 14.0 Å². The summed E-state index contributed by atoms with van der Waals surface area (Å²) in [7, 11) is 0. The van der Waals surface area contributed by atoms with E-state index in [0.29, 0.717) is 36.9 Å². The number of hydrogen-bond acceptors (Lipinski definition) is 5. The molecule has 154 valence electrons. The largest absolute Gasteiger partial charge is 0.379 e. The van der Waals surface area contributed by atoms with Gasteiger partial charge >= 0.3 is 0 Å². The second kappa shape index (κ2) is 10.6. The number of amides is 2. The average molecular weight is 438 g/mol. The van der Waals surface area contributed by atoms with E-state index >= 15 is 0 Å². The van der Waals surface area contributed by atoms with Crippen molar-refractivity contribution in [2.45, 2.75) is 10.9 Å². The molecule has 2 aromatic rings. The Morgan fingerprint density at radius 1 is 1.14 bits per heavy atom. The number of rotatable bonds is 6. The first-order chi connectivity index (χ1) is 14.0. The number of halogens is 2. The number of nitrogens with zero attached hydrogens (tertiary/aromatic N) is 1. The van der Waals surface area contributed by atoms with E-state index in [1.54, 1.807) is 24.3 Å². The zero-order valence-corrected chi connectivity index (χ0v) is 17.1. The Morgan fingerprint density at radius 3 is 2.55 bits per heavy atom. The van der Waals surface area contributed by atoms with Crippen LogP contribution in [-0.2, 0) is 14.3 Å². The van der Waals surface area contributed by atoms with E-state index in [1.807, 2.05) is 17.0 Å². The minimum atomic E-state index is -0.723. The van der Waals surface area contributed by atoms with Crippen LogP contribution in [0.25, 0.3) is 0 Å². The summed E-state index contributed by atoms with van der Waals surface area (Å²) >= 11 is 7.17.